The highest BCUT2D eigenvalue weighted by Crippen LogP contribution is 2.24. The van der Waals surface area contributed by atoms with Crippen molar-refractivity contribution in [1.82, 2.24) is 19.7 Å². The van der Waals surface area contributed by atoms with E-state index in [1.807, 2.05) is 42.8 Å². The van der Waals surface area contributed by atoms with Crippen LogP contribution in [0.1, 0.15) is 30.5 Å². The van der Waals surface area contributed by atoms with Gasteiger partial charge in [-0.2, -0.15) is 5.10 Å². The lowest BCUT2D eigenvalue weighted by Gasteiger charge is -2.27. The highest BCUT2D eigenvalue weighted by Gasteiger charge is 2.24. The zero-order valence-corrected chi connectivity index (χ0v) is 17.1. The highest BCUT2D eigenvalue weighted by molar-refractivity contribution is 5.97. The van der Waals surface area contributed by atoms with Gasteiger partial charge in [-0.1, -0.05) is 6.07 Å². The molecule has 8 heteroatoms. The zero-order valence-electron chi connectivity index (χ0n) is 17.1. The van der Waals surface area contributed by atoms with Gasteiger partial charge in [0.1, 0.15) is 11.6 Å². The van der Waals surface area contributed by atoms with E-state index in [1.165, 1.54) is 0 Å². The van der Waals surface area contributed by atoms with Crippen LogP contribution in [0, 0.1) is 13.8 Å². The fourth-order valence-corrected chi connectivity index (χ4v) is 3.67. The van der Waals surface area contributed by atoms with Crippen LogP contribution < -0.4 is 10.2 Å². The van der Waals surface area contributed by atoms with Crippen molar-refractivity contribution in [3.63, 3.8) is 0 Å². The number of pyridine rings is 2. The Hall–Kier alpha value is -3.55. The summed E-state index contributed by atoms with van der Waals surface area (Å²) in [4.78, 5) is 35.2. The van der Waals surface area contributed by atoms with Crippen molar-refractivity contribution < 1.29 is 9.59 Å². The lowest BCUT2D eigenvalue weighted by atomic mass is 10.1. The van der Waals surface area contributed by atoms with Gasteiger partial charge in [-0.3, -0.25) is 19.5 Å². The van der Waals surface area contributed by atoms with Crippen molar-refractivity contribution >= 4 is 23.5 Å². The lowest BCUT2D eigenvalue weighted by molar-refractivity contribution is -0.122. The third-order valence-corrected chi connectivity index (χ3v) is 5.13. The van der Waals surface area contributed by atoms with Gasteiger partial charge in [0.2, 0.25) is 11.8 Å². The van der Waals surface area contributed by atoms with E-state index in [4.69, 9.17) is 0 Å². The Labute approximate surface area is 175 Å². The molecule has 0 aliphatic carbocycles. The third kappa shape index (κ3) is 4.22. The second-order valence-corrected chi connectivity index (χ2v) is 7.44. The summed E-state index contributed by atoms with van der Waals surface area (Å²) >= 11 is 0. The summed E-state index contributed by atoms with van der Waals surface area (Å²) in [5.41, 5.74) is 3.82. The first-order valence-corrected chi connectivity index (χ1v) is 10.0. The second kappa shape index (κ2) is 8.44. The molecule has 0 spiro atoms. The van der Waals surface area contributed by atoms with Gasteiger partial charge in [-0.25, -0.2) is 9.67 Å². The summed E-state index contributed by atoms with van der Waals surface area (Å²) in [6.07, 6.45) is 6.34. The number of carbonyl (C=O) groups excluding carboxylic acids is 2. The van der Waals surface area contributed by atoms with Gasteiger partial charge in [0.05, 0.1) is 5.69 Å². The summed E-state index contributed by atoms with van der Waals surface area (Å²) in [5, 5.41) is 7.19. The molecule has 3 aromatic rings. The van der Waals surface area contributed by atoms with E-state index in [-0.39, 0.29) is 24.7 Å². The van der Waals surface area contributed by atoms with Crippen LogP contribution >= 0.6 is 0 Å². The predicted octanol–water partition coefficient (Wildman–Crippen LogP) is 3.11. The minimum atomic E-state index is -0.230. The number of aromatic nitrogens is 4. The molecule has 4 heterocycles. The van der Waals surface area contributed by atoms with E-state index in [2.05, 4.69) is 20.4 Å². The van der Waals surface area contributed by atoms with E-state index in [9.17, 15) is 9.59 Å². The standard InChI is InChI=1S/C22H24N6O2/c1-15-11-19(24-14-18(15)17-5-3-8-23-13-17)25-20(29)6-7-22(30)27-9-4-10-28-21(27)12-16(2)26-28/h3,5,8,11-14H,4,6-7,9-10H2,1-2H3,(H,24,25,29). The van der Waals surface area contributed by atoms with Crippen molar-refractivity contribution in [2.45, 2.75) is 39.7 Å². The van der Waals surface area contributed by atoms with E-state index < -0.39 is 0 Å². The fraction of sp³-hybridized carbons (Fsp3) is 0.318. The van der Waals surface area contributed by atoms with Crippen molar-refractivity contribution in [3.8, 4) is 11.1 Å². The molecule has 0 aromatic carbocycles. The largest absolute Gasteiger partial charge is 0.311 e. The summed E-state index contributed by atoms with van der Waals surface area (Å²) in [6.45, 7) is 5.34. The van der Waals surface area contributed by atoms with Gasteiger partial charge in [-0.15, -0.1) is 0 Å². The molecule has 0 atom stereocenters. The number of amides is 2. The predicted molar refractivity (Wildman–Crippen MR) is 114 cm³/mol. The van der Waals surface area contributed by atoms with E-state index >= 15 is 0 Å². The number of hydrogen-bond acceptors (Lipinski definition) is 5. The van der Waals surface area contributed by atoms with Crippen LogP contribution in [0.4, 0.5) is 11.6 Å². The minimum absolute atomic E-state index is 0.0675. The van der Waals surface area contributed by atoms with Gasteiger partial charge >= 0.3 is 0 Å². The molecule has 3 aromatic heterocycles. The van der Waals surface area contributed by atoms with Crippen LogP contribution in [0.25, 0.3) is 11.1 Å². The van der Waals surface area contributed by atoms with Gasteiger partial charge in [0.25, 0.3) is 0 Å². The van der Waals surface area contributed by atoms with Gasteiger partial charge < -0.3 is 5.32 Å². The maximum absolute atomic E-state index is 12.7. The molecule has 0 saturated heterocycles. The molecule has 8 nitrogen and oxygen atoms in total. The summed E-state index contributed by atoms with van der Waals surface area (Å²) in [5.74, 6) is 0.991. The Morgan fingerprint density at radius 2 is 2.00 bits per heavy atom. The average Bonchev–Trinajstić information content (AvgIpc) is 3.13. The number of rotatable bonds is 5. The normalized spacial score (nSPS) is 13.1. The smallest absolute Gasteiger partial charge is 0.228 e. The Balaban J connectivity index is 1.35. The van der Waals surface area contributed by atoms with Crippen LogP contribution in [0.15, 0.2) is 42.9 Å². The number of nitrogens with one attached hydrogen (secondary N) is 1. The summed E-state index contributed by atoms with van der Waals surface area (Å²) in [7, 11) is 0. The molecule has 0 radical (unpaired) electrons. The van der Waals surface area contributed by atoms with Crippen LogP contribution in [0.2, 0.25) is 0 Å². The minimum Gasteiger partial charge on any atom is -0.311 e. The van der Waals surface area contributed by atoms with Crippen molar-refractivity contribution in [2.75, 3.05) is 16.8 Å². The van der Waals surface area contributed by atoms with Crippen LogP contribution in [-0.4, -0.2) is 38.1 Å². The zero-order chi connectivity index (χ0) is 21.1. The van der Waals surface area contributed by atoms with Crippen LogP contribution in [0.5, 0.6) is 0 Å². The van der Waals surface area contributed by atoms with E-state index in [0.29, 0.717) is 12.4 Å². The van der Waals surface area contributed by atoms with Gasteiger partial charge in [0.15, 0.2) is 0 Å². The molecule has 0 unspecified atom stereocenters. The van der Waals surface area contributed by atoms with Crippen molar-refractivity contribution in [1.29, 1.82) is 0 Å². The Kier molecular flexibility index (Phi) is 5.56. The molecule has 2 amide bonds. The number of fused-ring (bicyclic) bond motifs is 1. The average molecular weight is 404 g/mol. The van der Waals surface area contributed by atoms with Gasteiger partial charge in [-0.05, 0) is 38.0 Å². The summed E-state index contributed by atoms with van der Waals surface area (Å²) in [6, 6.07) is 7.58. The second-order valence-electron chi connectivity index (χ2n) is 7.44. The molecule has 154 valence electrons. The molecule has 4 rings (SSSR count). The number of hydrogen-bond donors (Lipinski definition) is 1. The number of aryl methyl sites for hydroxylation is 3. The van der Waals surface area contributed by atoms with Crippen molar-refractivity contribution in [3.05, 3.63) is 54.1 Å². The quantitative estimate of drug-likeness (QED) is 0.705. The number of nitrogens with zero attached hydrogens (tertiary/aromatic N) is 5. The topological polar surface area (TPSA) is 93.0 Å². The lowest BCUT2D eigenvalue weighted by Crippen LogP contribution is -2.37. The molecular formula is C22H24N6O2. The molecule has 0 fully saturated rings. The van der Waals surface area contributed by atoms with E-state index in [0.717, 1.165) is 41.2 Å². The summed E-state index contributed by atoms with van der Waals surface area (Å²) < 4.78 is 1.85. The third-order valence-electron chi connectivity index (χ3n) is 5.13. The SMILES string of the molecule is Cc1cc2n(n1)CCCN2C(=O)CCC(=O)Nc1cc(C)c(-c2cccnc2)cn1. The van der Waals surface area contributed by atoms with Crippen LogP contribution in [0.3, 0.4) is 0 Å². The fourth-order valence-electron chi connectivity index (χ4n) is 3.67. The van der Waals surface area contributed by atoms with Crippen molar-refractivity contribution in [2.24, 2.45) is 0 Å². The molecule has 1 aliphatic rings. The molecule has 1 aliphatic heterocycles. The van der Waals surface area contributed by atoms with Gasteiger partial charge in [0, 0.05) is 61.7 Å². The Morgan fingerprint density at radius 1 is 1.13 bits per heavy atom. The number of anilines is 2. The molecule has 1 N–H and O–H groups in total. The first-order chi connectivity index (χ1) is 14.5. The molecule has 30 heavy (non-hydrogen) atoms. The molecular weight excluding hydrogens is 380 g/mol. The molecule has 0 saturated carbocycles. The van der Waals surface area contributed by atoms with E-state index in [1.54, 1.807) is 23.5 Å². The Bertz CT molecular complexity index is 1080. The maximum atomic E-state index is 12.7. The highest BCUT2D eigenvalue weighted by atomic mass is 16.2. The first kappa shape index (κ1) is 19.8. The maximum Gasteiger partial charge on any atom is 0.228 e. The Morgan fingerprint density at radius 3 is 2.77 bits per heavy atom. The van der Waals surface area contributed by atoms with Crippen LogP contribution in [-0.2, 0) is 16.1 Å². The monoisotopic (exact) mass is 404 g/mol. The molecule has 0 bridgehead atoms. The first-order valence-electron chi connectivity index (χ1n) is 10.0. The number of carbonyl (C=O) groups is 2.